The molecule has 14 heavy (non-hydrogen) atoms. The van der Waals surface area contributed by atoms with Gasteiger partial charge in [0.25, 0.3) is 0 Å². The molecule has 2 rings (SSSR count). The third-order valence-corrected chi connectivity index (χ3v) is 4.03. The molecule has 1 heterocycles. The number of anilines is 1. The summed E-state index contributed by atoms with van der Waals surface area (Å²) in [5.74, 6) is 0.549. The Labute approximate surface area is 102 Å². The first kappa shape index (κ1) is 10.1. The van der Waals surface area contributed by atoms with Crippen molar-refractivity contribution >= 4 is 49.0 Å². The second-order valence-electron chi connectivity index (χ2n) is 2.68. The summed E-state index contributed by atoms with van der Waals surface area (Å²) < 4.78 is 1.94. The highest BCUT2D eigenvalue weighted by Crippen LogP contribution is 2.33. The fourth-order valence-corrected chi connectivity index (χ4v) is 2.56. The lowest BCUT2D eigenvalue weighted by molar-refractivity contribution is 1.41. The van der Waals surface area contributed by atoms with E-state index < -0.39 is 0 Å². The lowest BCUT2D eigenvalue weighted by atomic mass is 10.2. The molecule has 0 amide bonds. The summed E-state index contributed by atoms with van der Waals surface area (Å²) in [4.78, 5) is 4.24. The van der Waals surface area contributed by atoms with Crippen molar-refractivity contribution in [1.29, 1.82) is 0 Å². The first-order valence-electron chi connectivity index (χ1n) is 3.84. The van der Waals surface area contributed by atoms with Gasteiger partial charge in [-0.1, -0.05) is 28.1 Å². The Hall–Kier alpha value is -0.390. The number of hydrogen-bond acceptors (Lipinski definition) is 3. The van der Waals surface area contributed by atoms with Crippen molar-refractivity contribution in [2.45, 2.75) is 0 Å². The highest BCUT2D eigenvalue weighted by Gasteiger charge is 2.07. The van der Waals surface area contributed by atoms with Crippen LogP contribution in [-0.2, 0) is 0 Å². The molecule has 0 aliphatic carbocycles. The van der Waals surface area contributed by atoms with Gasteiger partial charge in [0, 0.05) is 10.0 Å². The Bertz CT molecular complexity index is 431. The number of rotatable bonds is 1. The number of aromatic nitrogens is 1. The van der Waals surface area contributed by atoms with Crippen LogP contribution < -0.4 is 5.73 Å². The molecule has 0 radical (unpaired) electrons. The monoisotopic (exact) mass is 332 g/mol. The number of nitrogens with two attached hydrogens (primary N) is 1. The zero-order valence-electron chi connectivity index (χ0n) is 7.00. The van der Waals surface area contributed by atoms with E-state index in [1.165, 1.54) is 11.3 Å². The van der Waals surface area contributed by atoms with Crippen LogP contribution in [-0.4, -0.2) is 4.98 Å². The molecule has 1 aromatic heterocycles. The maximum absolute atomic E-state index is 5.65. The van der Waals surface area contributed by atoms with Crippen molar-refractivity contribution in [3.8, 4) is 10.6 Å². The molecule has 0 aliphatic heterocycles. The van der Waals surface area contributed by atoms with E-state index in [1.54, 1.807) is 0 Å². The van der Waals surface area contributed by atoms with Gasteiger partial charge in [0.1, 0.15) is 14.6 Å². The van der Waals surface area contributed by atoms with Crippen LogP contribution in [0.3, 0.4) is 0 Å². The number of halogens is 2. The quantitative estimate of drug-likeness (QED) is 0.859. The zero-order valence-corrected chi connectivity index (χ0v) is 11.0. The van der Waals surface area contributed by atoms with E-state index in [0.29, 0.717) is 5.82 Å². The summed E-state index contributed by atoms with van der Waals surface area (Å²) >= 11 is 8.27. The summed E-state index contributed by atoms with van der Waals surface area (Å²) in [6, 6.07) is 7.99. The summed E-state index contributed by atoms with van der Waals surface area (Å²) in [7, 11) is 0. The first-order valence-corrected chi connectivity index (χ1v) is 6.25. The van der Waals surface area contributed by atoms with Gasteiger partial charge in [-0.15, -0.1) is 11.3 Å². The second-order valence-corrected chi connectivity index (χ2v) is 5.92. The van der Waals surface area contributed by atoms with E-state index in [2.05, 4.69) is 36.8 Å². The predicted molar refractivity (Wildman–Crippen MR) is 67.4 cm³/mol. The minimum atomic E-state index is 0.549. The van der Waals surface area contributed by atoms with Crippen LogP contribution in [0.1, 0.15) is 0 Å². The Kier molecular flexibility index (Phi) is 2.90. The molecule has 72 valence electrons. The van der Waals surface area contributed by atoms with Gasteiger partial charge >= 0.3 is 0 Å². The van der Waals surface area contributed by atoms with Gasteiger partial charge in [-0.25, -0.2) is 4.98 Å². The van der Waals surface area contributed by atoms with E-state index in [4.69, 9.17) is 5.73 Å². The summed E-state index contributed by atoms with van der Waals surface area (Å²) in [5.41, 5.74) is 6.73. The maximum atomic E-state index is 5.65. The smallest absolute Gasteiger partial charge is 0.149 e. The molecule has 2 N–H and O–H groups in total. The Morgan fingerprint density at radius 2 is 1.79 bits per heavy atom. The van der Waals surface area contributed by atoms with E-state index in [1.807, 2.05) is 24.3 Å². The number of hydrogen-bond donors (Lipinski definition) is 1. The van der Waals surface area contributed by atoms with Crippen molar-refractivity contribution in [3.05, 3.63) is 32.5 Å². The molecule has 0 aliphatic rings. The number of benzene rings is 1. The topological polar surface area (TPSA) is 38.9 Å². The molecule has 0 unspecified atom stereocenters. The first-order chi connectivity index (χ1) is 6.66. The third kappa shape index (κ3) is 1.99. The van der Waals surface area contributed by atoms with Gasteiger partial charge in [-0.05, 0) is 28.1 Å². The van der Waals surface area contributed by atoms with Gasteiger partial charge in [0.05, 0.1) is 0 Å². The van der Waals surface area contributed by atoms with E-state index in [-0.39, 0.29) is 0 Å². The molecule has 0 saturated carbocycles. The Balaban J connectivity index is 2.44. The summed E-state index contributed by atoms with van der Waals surface area (Å²) in [6.07, 6.45) is 0. The second kappa shape index (κ2) is 4.00. The largest absolute Gasteiger partial charge is 0.382 e. The normalized spacial score (nSPS) is 10.4. The number of nitrogens with zero attached hydrogens (tertiary/aromatic N) is 1. The van der Waals surface area contributed by atoms with Crippen molar-refractivity contribution < 1.29 is 0 Å². The average Bonchev–Trinajstić information content (AvgIpc) is 2.48. The Morgan fingerprint density at radius 1 is 1.14 bits per heavy atom. The molecule has 0 spiro atoms. The SMILES string of the molecule is Nc1nc(-c2ccc(Br)cc2)sc1Br. The summed E-state index contributed by atoms with van der Waals surface area (Å²) in [6.45, 7) is 0. The average molecular weight is 334 g/mol. The van der Waals surface area contributed by atoms with Crippen LogP contribution in [0.4, 0.5) is 5.82 Å². The number of nitrogen functional groups attached to an aromatic ring is 1. The van der Waals surface area contributed by atoms with E-state index in [0.717, 1.165) is 18.8 Å². The lowest BCUT2D eigenvalue weighted by Gasteiger charge is -1.94. The van der Waals surface area contributed by atoms with Crippen molar-refractivity contribution in [1.82, 2.24) is 4.98 Å². The molecule has 2 nitrogen and oxygen atoms in total. The minimum absolute atomic E-state index is 0.549. The van der Waals surface area contributed by atoms with Gasteiger partial charge in [-0.3, -0.25) is 0 Å². The van der Waals surface area contributed by atoms with Crippen LogP contribution in [0.25, 0.3) is 10.6 Å². The minimum Gasteiger partial charge on any atom is -0.382 e. The van der Waals surface area contributed by atoms with Crippen molar-refractivity contribution in [2.24, 2.45) is 0 Å². The molecule has 2 aromatic rings. The van der Waals surface area contributed by atoms with Crippen LogP contribution in [0.2, 0.25) is 0 Å². The molecule has 0 saturated heterocycles. The van der Waals surface area contributed by atoms with Gasteiger partial charge in [-0.2, -0.15) is 0 Å². The number of thiazole rings is 1. The van der Waals surface area contributed by atoms with Crippen LogP contribution in [0.5, 0.6) is 0 Å². The molecular weight excluding hydrogens is 328 g/mol. The van der Waals surface area contributed by atoms with Crippen LogP contribution in [0.15, 0.2) is 32.5 Å². The fraction of sp³-hybridized carbons (Fsp3) is 0. The molecule has 5 heteroatoms. The predicted octanol–water partition coefficient (Wildman–Crippen LogP) is 3.92. The van der Waals surface area contributed by atoms with Crippen molar-refractivity contribution in [3.63, 3.8) is 0 Å². The molecule has 1 aromatic carbocycles. The molecule has 0 fully saturated rings. The molecular formula is C9H6Br2N2S. The molecule has 0 bridgehead atoms. The van der Waals surface area contributed by atoms with Gasteiger partial charge in [0.2, 0.25) is 0 Å². The lowest BCUT2D eigenvalue weighted by Crippen LogP contribution is -1.84. The standard InChI is InChI=1S/C9H6Br2N2S/c10-6-3-1-5(2-4-6)9-13-8(12)7(11)14-9/h1-4H,12H2. The fourth-order valence-electron chi connectivity index (χ4n) is 1.03. The Morgan fingerprint density at radius 3 is 2.29 bits per heavy atom. The summed E-state index contributed by atoms with van der Waals surface area (Å²) in [5, 5.41) is 0.932. The zero-order chi connectivity index (χ0) is 10.1. The highest BCUT2D eigenvalue weighted by molar-refractivity contribution is 9.11. The van der Waals surface area contributed by atoms with Gasteiger partial charge < -0.3 is 5.73 Å². The maximum Gasteiger partial charge on any atom is 0.149 e. The van der Waals surface area contributed by atoms with E-state index in [9.17, 15) is 0 Å². The third-order valence-electron chi connectivity index (χ3n) is 1.70. The molecule has 0 atom stereocenters. The highest BCUT2D eigenvalue weighted by atomic mass is 79.9. The van der Waals surface area contributed by atoms with Gasteiger partial charge in [0.15, 0.2) is 0 Å². The van der Waals surface area contributed by atoms with E-state index >= 15 is 0 Å². The van der Waals surface area contributed by atoms with Crippen molar-refractivity contribution in [2.75, 3.05) is 5.73 Å². The van der Waals surface area contributed by atoms with Crippen LogP contribution in [0, 0.1) is 0 Å². The van der Waals surface area contributed by atoms with Crippen LogP contribution >= 0.6 is 43.2 Å².